The number of likely N-dealkylation sites (tertiary alicyclic amines) is 1. The Kier molecular flexibility index (Phi) is 4.17. The van der Waals surface area contributed by atoms with E-state index in [1.807, 2.05) is 0 Å². The second-order valence-electron chi connectivity index (χ2n) is 4.64. The minimum atomic E-state index is -4.57. The van der Waals surface area contributed by atoms with Crippen LogP contribution in [0.2, 0.25) is 0 Å². The average Bonchev–Trinajstić information content (AvgIpc) is 2.79. The number of nitrogens with zero attached hydrogens (tertiary/aromatic N) is 1. The third kappa shape index (κ3) is 3.41. The van der Waals surface area contributed by atoms with Crippen molar-refractivity contribution in [2.45, 2.75) is 31.3 Å². The first kappa shape index (κ1) is 14.6. The van der Waals surface area contributed by atoms with Crippen LogP contribution in [-0.4, -0.2) is 41.0 Å². The lowest BCUT2D eigenvalue weighted by molar-refractivity contribution is -0.172. The van der Waals surface area contributed by atoms with E-state index in [4.69, 9.17) is 4.74 Å². The molecule has 1 aromatic rings. The summed E-state index contributed by atoms with van der Waals surface area (Å²) in [6.07, 6.45) is -7.31. The number of carbonyl (C=O) groups is 1. The molecule has 0 saturated carbocycles. The summed E-state index contributed by atoms with van der Waals surface area (Å²) in [5.74, 6) is 0. The van der Waals surface area contributed by atoms with Gasteiger partial charge in [-0.3, -0.25) is 4.90 Å². The summed E-state index contributed by atoms with van der Waals surface area (Å²) in [5.41, 5.74) is 0.684. The molecule has 0 aliphatic carbocycles. The zero-order chi connectivity index (χ0) is 14.8. The summed E-state index contributed by atoms with van der Waals surface area (Å²) in [5, 5.41) is 9.32. The van der Waals surface area contributed by atoms with Crippen molar-refractivity contribution in [3.63, 3.8) is 0 Å². The molecule has 1 N–H and O–H groups in total. The van der Waals surface area contributed by atoms with E-state index in [0.29, 0.717) is 10.5 Å². The van der Waals surface area contributed by atoms with E-state index in [0.717, 1.165) is 0 Å². The van der Waals surface area contributed by atoms with Gasteiger partial charge in [-0.05, 0) is 5.56 Å². The molecule has 1 aliphatic rings. The first-order valence-corrected chi connectivity index (χ1v) is 6.10. The fraction of sp³-hybridized carbons (Fsp3) is 0.462. The molecule has 110 valence electrons. The Morgan fingerprint density at radius 1 is 1.35 bits per heavy atom. The van der Waals surface area contributed by atoms with Crippen LogP contribution in [0, 0.1) is 0 Å². The highest BCUT2D eigenvalue weighted by Gasteiger charge is 2.51. The van der Waals surface area contributed by atoms with Gasteiger partial charge in [0.25, 0.3) is 0 Å². The Bertz CT molecular complexity index is 464. The highest BCUT2D eigenvalue weighted by Crippen LogP contribution is 2.33. The number of benzene rings is 1. The molecule has 20 heavy (non-hydrogen) atoms. The number of β-amino-alcohol motifs (C(OH)–C–C–N with tert-alkyl or cyclic N) is 1. The molecule has 1 fully saturated rings. The summed E-state index contributed by atoms with van der Waals surface area (Å²) in [4.78, 5) is 12.2. The number of halogens is 3. The summed E-state index contributed by atoms with van der Waals surface area (Å²) in [6, 6.07) is 6.67. The van der Waals surface area contributed by atoms with Gasteiger partial charge in [0.2, 0.25) is 0 Å². The highest BCUT2D eigenvalue weighted by molar-refractivity contribution is 5.68. The number of aliphatic hydroxyl groups excluding tert-OH is 1. The monoisotopic (exact) mass is 289 g/mol. The maximum Gasteiger partial charge on any atom is 0.410 e. The van der Waals surface area contributed by atoms with E-state index in [-0.39, 0.29) is 13.2 Å². The quantitative estimate of drug-likeness (QED) is 0.909. The van der Waals surface area contributed by atoms with Crippen molar-refractivity contribution in [3.05, 3.63) is 35.9 Å². The van der Waals surface area contributed by atoms with E-state index in [2.05, 4.69) is 0 Å². The van der Waals surface area contributed by atoms with Gasteiger partial charge in [0.05, 0.1) is 12.6 Å². The summed E-state index contributed by atoms with van der Waals surface area (Å²) >= 11 is 0. The first-order chi connectivity index (χ1) is 9.38. The van der Waals surface area contributed by atoms with Crippen molar-refractivity contribution < 1.29 is 27.8 Å². The lowest BCUT2D eigenvalue weighted by atomic mass is 10.2. The summed E-state index contributed by atoms with van der Waals surface area (Å²) in [6.45, 7) is -0.464. The Hall–Kier alpha value is -1.76. The number of hydrogen-bond acceptors (Lipinski definition) is 3. The Morgan fingerprint density at radius 2 is 2.00 bits per heavy atom. The molecule has 4 nitrogen and oxygen atoms in total. The number of carbonyl (C=O) groups excluding carboxylic acids is 1. The van der Waals surface area contributed by atoms with Gasteiger partial charge in [0, 0.05) is 6.42 Å². The van der Waals surface area contributed by atoms with Gasteiger partial charge in [0.15, 0.2) is 0 Å². The van der Waals surface area contributed by atoms with Crippen molar-refractivity contribution in [1.82, 2.24) is 4.90 Å². The van der Waals surface area contributed by atoms with Crippen LogP contribution in [0.4, 0.5) is 18.0 Å². The summed E-state index contributed by atoms with van der Waals surface area (Å²) < 4.78 is 43.1. The molecular weight excluding hydrogens is 275 g/mol. The predicted molar refractivity (Wildman–Crippen MR) is 63.8 cm³/mol. The Labute approximate surface area is 113 Å². The zero-order valence-electron chi connectivity index (χ0n) is 10.5. The van der Waals surface area contributed by atoms with Crippen LogP contribution in [0.15, 0.2) is 30.3 Å². The van der Waals surface area contributed by atoms with Gasteiger partial charge in [-0.25, -0.2) is 4.79 Å². The van der Waals surface area contributed by atoms with Crippen LogP contribution in [-0.2, 0) is 11.3 Å². The predicted octanol–water partition coefficient (Wildman–Crippen LogP) is 2.32. The molecule has 0 spiro atoms. The molecule has 0 bridgehead atoms. The largest absolute Gasteiger partial charge is 0.445 e. The van der Waals surface area contributed by atoms with Crippen LogP contribution >= 0.6 is 0 Å². The minimum Gasteiger partial charge on any atom is -0.445 e. The number of alkyl halides is 3. The number of hydrogen-bond donors (Lipinski definition) is 1. The van der Waals surface area contributed by atoms with E-state index in [1.165, 1.54) is 0 Å². The van der Waals surface area contributed by atoms with Crippen molar-refractivity contribution in [3.8, 4) is 0 Å². The molecule has 1 aromatic carbocycles. The second-order valence-corrected chi connectivity index (χ2v) is 4.64. The third-order valence-corrected chi connectivity index (χ3v) is 3.10. The maximum atomic E-state index is 12.7. The normalized spacial score (nSPS) is 22.9. The maximum absolute atomic E-state index is 12.7. The van der Waals surface area contributed by atoms with Crippen LogP contribution in [0.25, 0.3) is 0 Å². The minimum absolute atomic E-state index is 0.100. The average molecular weight is 289 g/mol. The van der Waals surface area contributed by atoms with E-state index >= 15 is 0 Å². The van der Waals surface area contributed by atoms with Crippen LogP contribution < -0.4 is 0 Å². The number of ether oxygens (including phenoxy) is 1. The number of aliphatic hydroxyl groups is 1. The lowest BCUT2D eigenvalue weighted by Gasteiger charge is -2.25. The van der Waals surface area contributed by atoms with Gasteiger partial charge in [-0.15, -0.1) is 0 Å². The topological polar surface area (TPSA) is 49.8 Å². The fourth-order valence-electron chi connectivity index (χ4n) is 2.13. The second kappa shape index (κ2) is 5.70. The molecule has 2 atom stereocenters. The highest BCUT2D eigenvalue weighted by atomic mass is 19.4. The van der Waals surface area contributed by atoms with E-state index < -0.39 is 30.8 Å². The van der Waals surface area contributed by atoms with Crippen molar-refractivity contribution in [1.29, 1.82) is 0 Å². The molecule has 0 aromatic heterocycles. The lowest BCUT2D eigenvalue weighted by Crippen LogP contribution is -2.44. The molecule has 1 amide bonds. The molecule has 1 aliphatic heterocycles. The van der Waals surface area contributed by atoms with Crippen LogP contribution in [0.1, 0.15) is 12.0 Å². The molecule has 1 heterocycles. The van der Waals surface area contributed by atoms with E-state index in [1.54, 1.807) is 30.3 Å². The molecule has 1 saturated heterocycles. The fourth-order valence-corrected chi connectivity index (χ4v) is 2.13. The van der Waals surface area contributed by atoms with Gasteiger partial charge in [0.1, 0.15) is 12.6 Å². The molecular formula is C13H14F3NO3. The molecule has 0 radical (unpaired) electrons. The van der Waals surface area contributed by atoms with Gasteiger partial charge in [-0.1, -0.05) is 30.3 Å². The zero-order valence-corrected chi connectivity index (χ0v) is 10.5. The SMILES string of the molecule is O=C(OCc1ccccc1)N1CC(O)CC1C(F)(F)F. The standard InChI is InChI=1S/C13H14F3NO3/c14-13(15,16)11-6-10(18)7-17(11)12(19)20-8-9-4-2-1-3-5-9/h1-5,10-11,18H,6-8H2. The molecule has 2 rings (SSSR count). The van der Waals surface area contributed by atoms with Gasteiger partial charge >= 0.3 is 12.3 Å². The first-order valence-electron chi connectivity index (χ1n) is 6.10. The third-order valence-electron chi connectivity index (χ3n) is 3.10. The van der Waals surface area contributed by atoms with E-state index in [9.17, 15) is 23.1 Å². The number of rotatable bonds is 2. The molecule has 2 unspecified atom stereocenters. The summed E-state index contributed by atoms with van der Waals surface area (Å²) in [7, 11) is 0. The van der Waals surface area contributed by atoms with Crippen molar-refractivity contribution in [2.75, 3.05) is 6.54 Å². The Morgan fingerprint density at radius 3 is 2.60 bits per heavy atom. The molecule has 7 heteroatoms. The van der Waals surface area contributed by atoms with Crippen LogP contribution in [0.5, 0.6) is 0 Å². The van der Waals surface area contributed by atoms with Crippen LogP contribution in [0.3, 0.4) is 0 Å². The van der Waals surface area contributed by atoms with Gasteiger partial charge in [-0.2, -0.15) is 13.2 Å². The van der Waals surface area contributed by atoms with Gasteiger partial charge < -0.3 is 9.84 Å². The van der Waals surface area contributed by atoms with Crippen molar-refractivity contribution in [2.24, 2.45) is 0 Å². The smallest absolute Gasteiger partial charge is 0.410 e. The van der Waals surface area contributed by atoms with Crippen molar-refractivity contribution >= 4 is 6.09 Å². The Balaban J connectivity index is 1.97. The number of amides is 1.